The molecule has 0 unspecified atom stereocenters. The van der Waals surface area contributed by atoms with E-state index in [9.17, 15) is 9.18 Å². The van der Waals surface area contributed by atoms with Crippen LogP contribution in [0.5, 0.6) is 0 Å². The standard InChI is InChI=1S/C15H22FN3O.C14H10.CH4O/c16-13-5-7-14(8-6-13)18-15(20)19-11-3-1-9-17-10-2-4-12-19;1-3-7-13(8-4-1)11-12-14-9-5-2-6-10-14;1-2/h5-8,17H,1-4,9-12H2,(H,18,20);1-10H;2H,1H3. The molecule has 0 atom stereocenters. The number of aliphatic hydroxyl groups is 1. The molecule has 4 rings (SSSR count). The zero-order chi connectivity index (χ0) is 25.8. The van der Waals surface area contributed by atoms with Crippen molar-refractivity contribution in [1.82, 2.24) is 10.2 Å². The van der Waals surface area contributed by atoms with Crippen LogP contribution in [-0.4, -0.2) is 49.3 Å². The van der Waals surface area contributed by atoms with Gasteiger partial charge in [-0.15, -0.1) is 0 Å². The predicted octanol–water partition coefficient (Wildman–Crippen LogP) is 5.52. The Morgan fingerprint density at radius 1 is 0.778 bits per heavy atom. The van der Waals surface area contributed by atoms with E-state index in [4.69, 9.17) is 5.11 Å². The van der Waals surface area contributed by atoms with E-state index in [1.807, 2.05) is 65.6 Å². The second-order valence-electron chi connectivity index (χ2n) is 8.07. The fraction of sp³-hybridized carbons (Fsp3) is 0.300. The van der Waals surface area contributed by atoms with Crippen molar-refractivity contribution in [2.45, 2.75) is 25.7 Å². The molecule has 3 aromatic rings. The summed E-state index contributed by atoms with van der Waals surface area (Å²) in [7, 11) is 1.00. The minimum atomic E-state index is -0.297. The number of hydrogen-bond donors (Lipinski definition) is 3. The van der Waals surface area contributed by atoms with Gasteiger partial charge >= 0.3 is 6.03 Å². The molecule has 6 heteroatoms. The highest BCUT2D eigenvalue weighted by Crippen LogP contribution is 2.10. The number of rotatable bonds is 1. The van der Waals surface area contributed by atoms with E-state index in [1.54, 1.807) is 12.1 Å². The summed E-state index contributed by atoms with van der Waals surface area (Å²) in [6.07, 6.45) is 4.17. The van der Waals surface area contributed by atoms with Gasteiger partial charge in [-0.05, 0) is 87.3 Å². The number of aliphatic hydroxyl groups excluding tert-OH is 1. The third-order valence-corrected chi connectivity index (χ3v) is 5.34. The van der Waals surface area contributed by atoms with Crippen LogP contribution in [0.1, 0.15) is 36.8 Å². The van der Waals surface area contributed by atoms with Crippen molar-refractivity contribution < 1.29 is 14.3 Å². The lowest BCUT2D eigenvalue weighted by Gasteiger charge is -2.24. The molecule has 1 aliphatic heterocycles. The fourth-order valence-electron chi connectivity index (χ4n) is 3.47. The summed E-state index contributed by atoms with van der Waals surface area (Å²) in [4.78, 5) is 14.1. The molecule has 1 fully saturated rings. The number of amides is 2. The van der Waals surface area contributed by atoms with Crippen LogP contribution in [0.15, 0.2) is 84.9 Å². The number of nitrogens with zero attached hydrogens (tertiary/aromatic N) is 1. The third kappa shape index (κ3) is 11.7. The Labute approximate surface area is 214 Å². The minimum absolute atomic E-state index is 0.0925. The Bertz CT molecular complexity index is 995. The van der Waals surface area contributed by atoms with E-state index in [1.165, 1.54) is 12.1 Å². The molecule has 0 saturated carbocycles. The number of nitrogens with one attached hydrogen (secondary N) is 2. The summed E-state index contributed by atoms with van der Waals surface area (Å²) in [5.74, 6) is 5.93. The Morgan fingerprint density at radius 3 is 1.72 bits per heavy atom. The summed E-state index contributed by atoms with van der Waals surface area (Å²) in [5.41, 5.74) is 2.74. The van der Waals surface area contributed by atoms with Crippen molar-refractivity contribution in [3.05, 3.63) is 102 Å². The highest BCUT2D eigenvalue weighted by molar-refractivity contribution is 5.89. The lowest BCUT2D eigenvalue weighted by Crippen LogP contribution is -2.37. The van der Waals surface area contributed by atoms with Crippen LogP contribution in [0, 0.1) is 17.7 Å². The second kappa shape index (κ2) is 17.7. The highest BCUT2D eigenvalue weighted by Gasteiger charge is 2.13. The van der Waals surface area contributed by atoms with Gasteiger partial charge in [-0.25, -0.2) is 9.18 Å². The first-order chi connectivity index (χ1) is 17.7. The summed E-state index contributed by atoms with van der Waals surface area (Å²) in [6.45, 7) is 3.59. The third-order valence-electron chi connectivity index (χ3n) is 5.34. The van der Waals surface area contributed by atoms with E-state index < -0.39 is 0 Å². The molecule has 0 radical (unpaired) electrons. The van der Waals surface area contributed by atoms with Crippen LogP contribution in [-0.2, 0) is 0 Å². The van der Waals surface area contributed by atoms with Gasteiger partial charge in [-0.3, -0.25) is 0 Å². The molecule has 0 aliphatic carbocycles. The molecular weight excluding hydrogens is 453 g/mol. The number of benzene rings is 3. The fourth-order valence-corrected chi connectivity index (χ4v) is 3.47. The Morgan fingerprint density at radius 2 is 1.25 bits per heavy atom. The predicted molar refractivity (Wildman–Crippen MR) is 145 cm³/mol. The first-order valence-electron chi connectivity index (χ1n) is 12.3. The van der Waals surface area contributed by atoms with E-state index in [0.29, 0.717) is 5.69 Å². The summed E-state index contributed by atoms with van der Waals surface area (Å²) < 4.78 is 12.8. The van der Waals surface area contributed by atoms with Crippen molar-refractivity contribution in [3.63, 3.8) is 0 Å². The summed E-state index contributed by atoms with van der Waals surface area (Å²) in [5, 5.41) is 13.2. The zero-order valence-electron chi connectivity index (χ0n) is 20.9. The first-order valence-corrected chi connectivity index (χ1v) is 12.3. The zero-order valence-corrected chi connectivity index (χ0v) is 20.9. The average molecular weight is 490 g/mol. The average Bonchev–Trinajstić information content (AvgIpc) is 2.94. The van der Waals surface area contributed by atoms with Crippen molar-refractivity contribution in [1.29, 1.82) is 0 Å². The van der Waals surface area contributed by atoms with Gasteiger partial charge in [0.25, 0.3) is 0 Å². The van der Waals surface area contributed by atoms with Crippen LogP contribution < -0.4 is 10.6 Å². The van der Waals surface area contributed by atoms with Crippen LogP contribution >= 0.6 is 0 Å². The molecule has 36 heavy (non-hydrogen) atoms. The molecule has 5 nitrogen and oxygen atoms in total. The van der Waals surface area contributed by atoms with Crippen molar-refractivity contribution in [3.8, 4) is 11.8 Å². The minimum Gasteiger partial charge on any atom is -0.400 e. The maximum atomic E-state index is 12.8. The normalized spacial score (nSPS) is 13.4. The quantitative estimate of drug-likeness (QED) is 0.395. The molecule has 3 N–H and O–H groups in total. The van der Waals surface area contributed by atoms with Crippen molar-refractivity contribution in [2.24, 2.45) is 0 Å². The number of carbonyl (C=O) groups is 1. The van der Waals surface area contributed by atoms with E-state index in [-0.39, 0.29) is 11.8 Å². The maximum Gasteiger partial charge on any atom is 0.321 e. The molecule has 1 heterocycles. The van der Waals surface area contributed by atoms with Gasteiger partial charge in [0, 0.05) is 37.0 Å². The number of urea groups is 1. The van der Waals surface area contributed by atoms with Crippen LogP contribution in [0.3, 0.4) is 0 Å². The second-order valence-corrected chi connectivity index (χ2v) is 8.07. The largest absolute Gasteiger partial charge is 0.400 e. The Kier molecular flexibility index (Phi) is 14.1. The molecule has 0 spiro atoms. The number of hydrogen-bond acceptors (Lipinski definition) is 3. The summed E-state index contributed by atoms with van der Waals surface area (Å²) >= 11 is 0. The van der Waals surface area contributed by atoms with Gasteiger partial charge in [0.15, 0.2) is 0 Å². The Hall–Kier alpha value is -3.66. The molecule has 1 aliphatic rings. The van der Waals surface area contributed by atoms with Gasteiger partial charge in [-0.1, -0.05) is 48.2 Å². The van der Waals surface area contributed by atoms with E-state index in [2.05, 4.69) is 22.5 Å². The van der Waals surface area contributed by atoms with Gasteiger partial charge in [0.2, 0.25) is 0 Å². The first kappa shape index (κ1) is 28.6. The summed E-state index contributed by atoms with van der Waals surface area (Å²) in [6, 6.07) is 25.8. The van der Waals surface area contributed by atoms with Gasteiger partial charge in [-0.2, -0.15) is 0 Å². The number of halogens is 1. The monoisotopic (exact) mass is 489 g/mol. The van der Waals surface area contributed by atoms with Crippen LogP contribution in [0.4, 0.5) is 14.9 Å². The van der Waals surface area contributed by atoms with Crippen LogP contribution in [0.25, 0.3) is 0 Å². The number of carbonyl (C=O) groups excluding carboxylic acids is 1. The highest BCUT2D eigenvalue weighted by atomic mass is 19.1. The molecule has 190 valence electrons. The topological polar surface area (TPSA) is 64.6 Å². The smallest absolute Gasteiger partial charge is 0.321 e. The number of anilines is 1. The molecule has 0 aromatic heterocycles. The van der Waals surface area contributed by atoms with E-state index in [0.717, 1.165) is 70.1 Å². The van der Waals surface area contributed by atoms with Gasteiger partial charge in [0.1, 0.15) is 5.82 Å². The molecule has 1 saturated heterocycles. The molecule has 2 amide bonds. The lowest BCUT2D eigenvalue weighted by atomic mass is 10.2. The molecular formula is C30H36FN3O2. The van der Waals surface area contributed by atoms with Gasteiger partial charge < -0.3 is 20.6 Å². The molecule has 0 bridgehead atoms. The van der Waals surface area contributed by atoms with E-state index >= 15 is 0 Å². The van der Waals surface area contributed by atoms with Crippen molar-refractivity contribution in [2.75, 3.05) is 38.6 Å². The Balaban J connectivity index is 0.000000250. The van der Waals surface area contributed by atoms with Gasteiger partial charge in [0.05, 0.1) is 0 Å². The molecule has 3 aromatic carbocycles. The lowest BCUT2D eigenvalue weighted by molar-refractivity contribution is 0.208. The maximum absolute atomic E-state index is 12.8. The van der Waals surface area contributed by atoms with Crippen LogP contribution in [0.2, 0.25) is 0 Å². The SMILES string of the molecule is C(#Cc1ccccc1)c1ccccc1.CO.O=C(Nc1ccc(F)cc1)N1CCCCNCCCC1. The van der Waals surface area contributed by atoms with Crippen molar-refractivity contribution >= 4 is 11.7 Å².